The van der Waals surface area contributed by atoms with Crippen LogP contribution in [0.3, 0.4) is 0 Å². The molecule has 0 spiro atoms. The second kappa shape index (κ2) is 18.1. The predicted molar refractivity (Wildman–Crippen MR) is 269 cm³/mol. The van der Waals surface area contributed by atoms with Crippen molar-refractivity contribution in [2.24, 2.45) is 0 Å². The number of para-hydroxylation sites is 1. The van der Waals surface area contributed by atoms with Crippen LogP contribution in [-0.2, 0) is 12.8 Å². The molecule has 1 heteroatoms. The van der Waals surface area contributed by atoms with Gasteiger partial charge < -0.3 is 4.90 Å². The standard InChI is InChI=1S/C62H49N/c1-45-58-25-13-14-27-60(58)62(53-18-7-3-8-19-53)44-61(45)59-26-12-11-20-54(59)33-30-46-28-31-49(32-29-46)48-21-15-24-56(41-38-48)63(55-22-9-4-10-23-55)57-42-39-52(40-43-57)51-36-34-50(35-37-51)47-16-5-2-6-17-47/h2-23,25-29,31-32,34-44H,24,30,33H2,1H3. The van der Waals surface area contributed by atoms with Crippen LogP contribution in [0.5, 0.6) is 0 Å². The average Bonchev–Trinajstić information content (AvgIpc) is 3.61. The normalized spacial score (nSPS) is 12.4. The van der Waals surface area contributed by atoms with Gasteiger partial charge in [0.15, 0.2) is 0 Å². The first-order chi connectivity index (χ1) is 31.2. The maximum atomic E-state index is 2.41. The summed E-state index contributed by atoms with van der Waals surface area (Å²) in [5, 5.41) is 2.61. The number of fused-ring (bicyclic) bond motifs is 1. The highest BCUT2D eigenvalue weighted by atomic mass is 15.1. The Labute approximate surface area is 372 Å². The lowest BCUT2D eigenvalue weighted by atomic mass is 9.86. The van der Waals surface area contributed by atoms with Crippen molar-refractivity contribution in [3.05, 3.63) is 271 Å². The Morgan fingerprint density at radius 3 is 1.60 bits per heavy atom. The van der Waals surface area contributed by atoms with E-state index < -0.39 is 0 Å². The first-order valence-corrected chi connectivity index (χ1v) is 22.1. The summed E-state index contributed by atoms with van der Waals surface area (Å²) in [5.41, 5.74) is 20.0. The molecule has 302 valence electrons. The van der Waals surface area contributed by atoms with E-state index in [1.54, 1.807) is 0 Å². The molecule has 1 aliphatic carbocycles. The van der Waals surface area contributed by atoms with Crippen molar-refractivity contribution in [1.29, 1.82) is 0 Å². The second-order valence-electron chi connectivity index (χ2n) is 16.4. The number of anilines is 2. The molecule has 0 heterocycles. The Balaban J connectivity index is 0.873. The minimum absolute atomic E-state index is 0.818. The monoisotopic (exact) mass is 807 g/mol. The molecule has 0 atom stereocenters. The number of hydrogen-bond donors (Lipinski definition) is 0. The van der Waals surface area contributed by atoms with Gasteiger partial charge in [-0.3, -0.25) is 0 Å². The molecule has 0 aromatic heterocycles. The third-order valence-electron chi connectivity index (χ3n) is 12.5. The molecule has 0 radical (unpaired) electrons. The van der Waals surface area contributed by atoms with Crippen LogP contribution in [0.1, 0.15) is 28.7 Å². The summed E-state index contributed by atoms with van der Waals surface area (Å²) in [4.78, 5) is 2.38. The molecule has 0 aliphatic heterocycles. The zero-order valence-electron chi connectivity index (χ0n) is 35.7. The van der Waals surface area contributed by atoms with Gasteiger partial charge in [-0.05, 0) is 139 Å². The molecule has 10 rings (SSSR count). The van der Waals surface area contributed by atoms with Crippen molar-refractivity contribution in [2.45, 2.75) is 26.2 Å². The molecule has 0 saturated heterocycles. The summed E-state index contributed by atoms with van der Waals surface area (Å²) in [6, 6.07) is 79.3. The fourth-order valence-electron chi connectivity index (χ4n) is 9.12. The van der Waals surface area contributed by atoms with E-state index in [-0.39, 0.29) is 0 Å². The Hall–Kier alpha value is -7.74. The van der Waals surface area contributed by atoms with E-state index in [9.17, 15) is 0 Å². The van der Waals surface area contributed by atoms with Crippen LogP contribution < -0.4 is 4.90 Å². The summed E-state index contributed by atoms with van der Waals surface area (Å²) in [7, 11) is 0. The predicted octanol–water partition coefficient (Wildman–Crippen LogP) is 16.7. The quantitative estimate of drug-likeness (QED) is 0.126. The summed E-state index contributed by atoms with van der Waals surface area (Å²) in [6.07, 6.45) is 11.9. The van der Waals surface area contributed by atoms with E-state index in [0.717, 1.165) is 30.6 Å². The van der Waals surface area contributed by atoms with Gasteiger partial charge in [0, 0.05) is 23.5 Å². The Kier molecular flexibility index (Phi) is 11.3. The van der Waals surface area contributed by atoms with Crippen molar-refractivity contribution in [3.8, 4) is 44.5 Å². The number of allylic oxidation sites excluding steroid dienone is 5. The van der Waals surface area contributed by atoms with E-state index in [1.165, 1.54) is 88.8 Å². The van der Waals surface area contributed by atoms with Crippen molar-refractivity contribution < 1.29 is 0 Å². The van der Waals surface area contributed by atoms with Gasteiger partial charge >= 0.3 is 0 Å². The van der Waals surface area contributed by atoms with Crippen LogP contribution >= 0.6 is 0 Å². The molecule has 9 aromatic carbocycles. The molecule has 1 aliphatic rings. The molecular formula is C62H49N. The van der Waals surface area contributed by atoms with Crippen LogP contribution in [0, 0.1) is 6.92 Å². The number of hydrogen-bond acceptors (Lipinski definition) is 1. The lowest BCUT2D eigenvalue weighted by molar-refractivity contribution is 0.961. The molecule has 9 aromatic rings. The number of rotatable bonds is 11. The number of nitrogens with zero attached hydrogens (tertiary/aromatic N) is 1. The third-order valence-corrected chi connectivity index (χ3v) is 12.5. The lowest BCUT2D eigenvalue weighted by Gasteiger charge is -2.27. The van der Waals surface area contributed by atoms with Crippen LogP contribution in [0.2, 0.25) is 0 Å². The maximum absolute atomic E-state index is 2.41. The number of aryl methyl sites for hydroxylation is 3. The first-order valence-electron chi connectivity index (χ1n) is 22.1. The van der Waals surface area contributed by atoms with Gasteiger partial charge in [-0.2, -0.15) is 0 Å². The van der Waals surface area contributed by atoms with Gasteiger partial charge in [-0.1, -0.05) is 206 Å². The molecule has 63 heavy (non-hydrogen) atoms. The largest absolute Gasteiger partial charge is 0.314 e. The van der Waals surface area contributed by atoms with Gasteiger partial charge in [0.1, 0.15) is 0 Å². The van der Waals surface area contributed by atoms with Crippen LogP contribution in [0.15, 0.2) is 248 Å². The number of benzene rings is 9. The Morgan fingerprint density at radius 2 is 0.921 bits per heavy atom. The first kappa shape index (κ1) is 39.4. The van der Waals surface area contributed by atoms with E-state index in [4.69, 9.17) is 0 Å². The van der Waals surface area contributed by atoms with Crippen molar-refractivity contribution >= 4 is 27.7 Å². The molecular weight excluding hydrogens is 759 g/mol. The average molecular weight is 808 g/mol. The highest BCUT2D eigenvalue weighted by molar-refractivity contribution is 6.03. The molecule has 0 fully saturated rings. The van der Waals surface area contributed by atoms with Crippen molar-refractivity contribution in [1.82, 2.24) is 0 Å². The van der Waals surface area contributed by atoms with Gasteiger partial charge in [0.25, 0.3) is 0 Å². The molecule has 1 nitrogen and oxygen atoms in total. The third kappa shape index (κ3) is 8.47. The highest BCUT2D eigenvalue weighted by Gasteiger charge is 2.17. The highest BCUT2D eigenvalue weighted by Crippen LogP contribution is 2.39. The van der Waals surface area contributed by atoms with E-state index in [1.807, 2.05) is 0 Å². The maximum Gasteiger partial charge on any atom is 0.0458 e. The van der Waals surface area contributed by atoms with Gasteiger partial charge in [-0.25, -0.2) is 0 Å². The molecule has 0 unspecified atom stereocenters. The topological polar surface area (TPSA) is 3.24 Å². The van der Waals surface area contributed by atoms with Gasteiger partial charge in [0.2, 0.25) is 0 Å². The summed E-state index contributed by atoms with van der Waals surface area (Å²) >= 11 is 0. The van der Waals surface area contributed by atoms with Gasteiger partial charge in [-0.15, -0.1) is 0 Å². The van der Waals surface area contributed by atoms with E-state index >= 15 is 0 Å². The Bertz CT molecular complexity index is 3080. The Morgan fingerprint density at radius 1 is 0.397 bits per heavy atom. The molecule has 0 saturated carbocycles. The second-order valence-corrected chi connectivity index (χ2v) is 16.4. The summed E-state index contributed by atoms with van der Waals surface area (Å²) < 4.78 is 0. The molecule has 0 N–H and O–H groups in total. The van der Waals surface area contributed by atoms with Crippen molar-refractivity contribution in [2.75, 3.05) is 4.90 Å². The summed E-state index contributed by atoms with van der Waals surface area (Å²) in [6.45, 7) is 2.28. The van der Waals surface area contributed by atoms with Crippen LogP contribution in [0.4, 0.5) is 11.4 Å². The minimum Gasteiger partial charge on any atom is -0.314 e. The molecule has 0 amide bonds. The molecule has 0 bridgehead atoms. The lowest BCUT2D eigenvalue weighted by Crippen LogP contribution is -2.15. The zero-order valence-corrected chi connectivity index (χ0v) is 35.7. The van der Waals surface area contributed by atoms with Gasteiger partial charge in [0.05, 0.1) is 0 Å². The SMILES string of the molecule is Cc1c(-c2ccccc2CCc2ccc(C3=CC=C(N(c4ccccc4)c4ccc(-c5ccc(-c6ccccc6)cc5)cc4)CC=C3)cc2)cc(-c2ccccc2)c2ccccc12. The van der Waals surface area contributed by atoms with E-state index in [2.05, 4.69) is 255 Å². The smallest absolute Gasteiger partial charge is 0.0458 e. The fourth-order valence-corrected chi connectivity index (χ4v) is 9.12. The van der Waals surface area contributed by atoms with Crippen LogP contribution in [0.25, 0.3) is 60.9 Å². The minimum atomic E-state index is 0.818. The zero-order chi connectivity index (χ0) is 42.4. The van der Waals surface area contributed by atoms with Crippen molar-refractivity contribution in [3.63, 3.8) is 0 Å². The fraction of sp³-hybridized carbons (Fsp3) is 0.0645. The van der Waals surface area contributed by atoms with E-state index in [0.29, 0.717) is 0 Å². The van der Waals surface area contributed by atoms with Crippen LogP contribution in [-0.4, -0.2) is 0 Å². The summed E-state index contributed by atoms with van der Waals surface area (Å²) in [5.74, 6) is 0.